The molecule has 0 saturated carbocycles. The molecular weight excluding hydrogens is 400 g/mol. The number of rotatable bonds is 7. The van der Waals surface area contributed by atoms with E-state index >= 15 is 0 Å². The number of aromatic amines is 2. The number of carbonyl (C=O) groups is 2. The lowest BCUT2D eigenvalue weighted by atomic mass is 10.0. The Balaban J connectivity index is 0.000000901. The average molecular weight is 426 g/mol. The van der Waals surface area contributed by atoms with Gasteiger partial charge in [0.25, 0.3) is 5.56 Å². The predicted molar refractivity (Wildman–Crippen MR) is 108 cm³/mol. The highest BCUT2D eigenvalue weighted by atomic mass is 16.4. The Morgan fingerprint density at radius 2 is 1.33 bits per heavy atom. The van der Waals surface area contributed by atoms with Crippen LogP contribution in [0, 0.1) is 0 Å². The van der Waals surface area contributed by atoms with E-state index in [1.807, 2.05) is 4.98 Å². The van der Waals surface area contributed by atoms with Crippen LogP contribution in [0.4, 0.5) is 0 Å². The zero-order chi connectivity index (χ0) is 23.1. The van der Waals surface area contributed by atoms with E-state index in [1.165, 1.54) is 12.1 Å². The van der Waals surface area contributed by atoms with Gasteiger partial charge in [-0.3, -0.25) is 9.78 Å². The molecule has 1 heterocycles. The molecule has 0 fully saturated rings. The lowest BCUT2D eigenvalue weighted by Gasteiger charge is -2.05. The van der Waals surface area contributed by atoms with Crippen LogP contribution in [0.3, 0.4) is 0 Å². The number of hydrogen-bond donors (Lipinski definition) is 8. The van der Waals surface area contributed by atoms with Gasteiger partial charge in [-0.25, -0.2) is 14.4 Å². The van der Waals surface area contributed by atoms with Crippen LogP contribution in [-0.2, 0) is 12.8 Å². The fourth-order valence-corrected chi connectivity index (χ4v) is 2.02. The minimum Gasteiger partial charge on any atom is -0.478 e. The van der Waals surface area contributed by atoms with Crippen LogP contribution in [0.15, 0.2) is 33.9 Å². The largest absolute Gasteiger partial charge is 0.478 e. The molecule has 0 saturated heterocycles. The highest BCUT2D eigenvalue weighted by Gasteiger charge is 2.15. The van der Waals surface area contributed by atoms with Crippen molar-refractivity contribution in [3.05, 3.63) is 67.5 Å². The van der Waals surface area contributed by atoms with Crippen LogP contribution in [-0.4, -0.2) is 68.6 Å². The Morgan fingerprint density at radius 3 is 1.73 bits per heavy atom. The minimum atomic E-state index is -1.39. The third-order valence-electron chi connectivity index (χ3n) is 3.38. The number of aliphatic hydroxyl groups excluding tert-OH is 2. The molecule has 12 heteroatoms. The molecule has 0 amide bonds. The number of nitrogens with one attached hydrogen (secondary N) is 2. The second-order valence-corrected chi connectivity index (χ2v) is 5.59. The maximum atomic E-state index is 11.7. The number of hydrogen-bond acceptors (Lipinski definition) is 8. The van der Waals surface area contributed by atoms with Gasteiger partial charge >= 0.3 is 17.6 Å². The topological polar surface area (TPSA) is 233 Å². The van der Waals surface area contributed by atoms with Gasteiger partial charge in [0.15, 0.2) is 0 Å². The fraction of sp³-hybridized carbons (Fsp3) is 0.333. The highest BCUT2D eigenvalue weighted by molar-refractivity contribution is 5.87. The number of nitrogens with two attached hydrogens (primary N) is 2. The fourth-order valence-electron chi connectivity index (χ4n) is 2.02. The summed E-state index contributed by atoms with van der Waals surface area (Å²) >= 11 is 0. The number of aryl methyl sites for hydroxylation is 1. The van der Waals surface area contributed by atoms with Gasteiger partial charge in [0, 0.05) is 18.7 Å². The molecule has 12 nitrogen and oxygen atoms in total. The van der Waals surface area contributed by atoms with Gasteiger partial charge in [0.1, 0.15) is 5.69 Å². The van der Waals surface area contributed by atoms with E-state index in [9.17, 15) is 19.2 Å². The second kappa shape index (κ2) is 14.6. The summed E-state index contributed by atoms with van der Waals surface area (Å²) in [5, 5.41) is 33.3. The third-order valence-corrected chi connectivity index (χ3v) is 3.38. The van der Waals surface area contributed by atoms with Gasteiger partial charge in [-0.15, -0.1) is 0 Å². The molecule has 166 valence electrons. The second-order valence-electron chi connectivity index (χ2n) is 5.59. The molecule has 1 aromatic carbocycles. The molecule has 0 aliphatic carbocycles. The van der Waals surface area contributed by atoms with Gasteiger partial charge in [-0.2, -0.15) is 0 Å². The summed E-state index contributed by atoms with van der Waals surface area (Å²) in [6, 6.07) is 6.02. The monoisotopic (exact) mass is 426 g/mol. The number of H-pyrrole nitrogens is 2. The lowest BCUT2D eigenvalue weighted by Crippen LogP contribution is -2.30. The summed E-state index contributed by atoms with van der Waals surface area (Å²) in [6.07, 6.45) is 0.426. The SMILES string of the molecule is NCCO.NCCO.O=C(O)c1ccc(CCc2c(C(=O)O)[nH]c(=O)[nH]c2=O)cc1. The summed E-state index contributed by atoms with van der Waals surface area (Å²) in [6.45, 7) is 0.944. The number of carboxylic acids is 2. The first kappa shape index (κ1) is 26.7. The van der Waals surface area contributed by atoms with Crippen LogP contribution in [0.25, 0.3) is 0 Å². The number of aromatic nitrogens is 2. The smallest absolute Gasteiger partial charge is 0.352 e. The van der Waals surface area contributed by atoms with Crippen LogP contribution < -0.4 is 22.7 Å². The molecule has 1 aromatic heterocycles. The van der Waals surface area contributed by atoms with Crippen LogP contribution in [0.5, 0.6) is 0 Å². The Morgan fingerprint density at radius 1 is 0.833 bits per heavy atom. The van der Waals surface area contributed by atoms with E-state index in [0.29, 0.717) is 19.5 Å². The zero-order valence-electron chi connectivity index (χ0n) is 16.1. The standard InChI is InChI=1S/C14H12N2O6.2C2H7NO/c17-11-9(10(13(20)21)15-14(22)16-11)6-3-7-1-4-8(5-2-7)12(18)19;2*3-1-2-4/h1-2,4-5H,3,6H2,(H,18,19)(H,20,21)(H2,15,16,17,22);2*4H,1-3H2. The number of benzene rings is 1. The Kier molecular flexibility index (Phi) is 13.0. The molecule has 0 spiro atoms. The van der Waals surface area contributed by atoms with Crippen molar-refractivity contribution in [1.82, 2.24) is 9.97 Å². The molecular formula is C18H26N4O8. The van der Waals surface area contributed by atoms with Crippen LogP contribution in [0.2, 0.25) is 0 Å². The molecule has 30 heavy (non-hydrogen) atoms. The average Bonchev–Trinajstić information content (AvgIpc) is 2.73. The Hall–Kier alpha value is -3.32. The first-order valence-electron chi connectivity index (χ1n) is 8.74. The Labute approximate surface area is 170 Å². The van der Waals surface area contributed by atoms with Crippen molar-refractivity contribution in [3.63, 3.8) is 0 Å². The van der Waals surface area contributed by atoms with Crippen LogP contribution in [0.1, 0.15) is 32.0 Å². The van der Waals surface area contributed by atoms with Crippen molar-refractivity contribution < 1.29 is 30.0 Å². The molecule has 0 aliphatic heterocycles. The van der Waals surface area contributed by atoms with E-state index in [0.717, 1.165) is 5.56 Å². The van der Waals surface area contributed by atoms with E-state index < -0.39 is 28.9 Å². The molecule has 0 atom stereocenters. The van der Waals surface area contributed by atoms with E-state index in [-0.39, 0.29) is 30.8 Å². The summed E-state index contributed by atoms with van der Waals surface area (Å²) < 4.78 is 0. The molecule has 0 aliphatic rings. The number of aromatic carboxylic acids is 2. The summed E-state index contributed by atoms with van der Waals surface area (Å²) in [5.74, 6) is -2.43. The zero-order valence-corrected chi connectivity index (χ0v) is 16.1. The molecule has 2 aromatic rings. The van der Waals surface area contributed by atoms with Gasteiger partial charge in [-0.1, -0.05) is 12.1 Å². The molecule has 0 radical (unpaired) electrons. The first-order chi connectivity index (χ1) is 14.2. The van der Waals surface area contributed by atoms with Crippen LogP contribution >= 0.6 is 0 Å². The minimum absolute atomic E-state index is 0.0330. The van der Waals surface area contributed by atoms with Crippen molar-refractivity contribution >= 4 is 11.9 Å². The van der Waals surface area contributed by atoms with Crippen molar-refractivity contribution in [3.8, 4) is 0 Å². The third kappa shape index (κ3) is 9.75. The van der Waals surface area contributed by atoms with Gasteiger partial charge < -0.3 is 36.9 Å². The summed E-state index contributed by atoms with van der Waals surface area (Å²) in [7, 11) is 0. The van der Waals surface area contributed by atoms with Crippen molar-refractivity contribution in [2.24, 2.45) is 11.5 Å². The summed E-state index contributed by atoms with van der Waals surface area (Å²) in [4.78, 5) is 48.7. The van der Waals surface area contributed by atoms with Crippen molar-refractivity contribution in [2.45, 2.75) is 12.8 Å². The molecule has 2 rings (SSSR count). The molecule has 0 bridgehead atoms. The van der Waals surface area contributed by atoms with Gasteiger partial charge in [-0.05, 0) is 30.5 Å². The van der Waals surface area contributed by atoms with E-state index in [2.05, 4.69) is 4.98 Å². The first-order valence-corrected chi connectivity index (χ1v) is 8.74. The van der Waals surface area contributed by atoms with Crippen molar-refractivity contribution in [2.75, 3.05) is 26.3 Å². The Bertz CT molecular complexity index is 898. The quantitative estimate of drug-likeness (QED) is 0.245. The van der Waals surface area contributed by atoms with E-state index in [1.54, 1.807) is 12.1 Å². The molecule has 0 unspecified atom stereocenters. The van der Waals surface area contributed by atoms with Crippen molar-refractivity contribution in [1.29, 1.82) is 0 Å². The predicted octanol–water partition coefficient (Wildman–Crippen LogP) is -1.88. The molecule has 10 N–H and O–H groups in total. The maximum absolute atomic E-state index is 11.7. The van der Waals surface area contributed by atoms with Gasteiger partial charge in [0.2, 0.25) is 0 Å². The summed E-state index contributed by atoms with van der Waals surface area (Å²) in [5.41, 5.74) is 8.34. The highest BCUT2D eigenvalue weighted by Crippen LogP contribution is 2.09. The normalized spacial score (nSPS) is 9.60. The van der Waals surface area contributed by atoms with E-state index in [4.69, 9.17) is 31.9 Å². The lowest BCUT2D eigenvalue weighted by molar-refractivity contribution is 0.0681. The maximum Gasteiger partial charge on any atom is 0.352 e. The number of aliphatic hydroxyl groups is 2. The number of carboxylic acid groups (broad SMARTS) is 2. The van der Waals surface area contributed by atoms with Gasteiger partial charge in [0.05, 0.1) is 18.8 Å².